The van der Waals surface area contributed by atoms with E-state index in [-0.39, 0.29) is 0 Å². The molecule has 0 radical (unpaired) electrons. The fourth-order valence-corrected chi connectivity index (χ4v) is 1.21. The summed E-state index contributed by atoms with van der Waals surface area (Å²) in [7, 11) is -2.64. The molecule has 2 N–H and O–H groups in total. The van der Waals surface area contributed by atoms with Crippen LogP contribution < -0.4 is 5.14 Å². The second-order valence-corrected chi connectivity index (χ2v) is 4.35. The summed E-state index contributed by atoms with van der Waals surface area (Å²) >= 11 is 5.50. The Kier molecular flexibility index (Phi) is 2.17. The largest absolute Gasteiger partial charge is 0.256 e. The Hall–Kier alpha value is -0.580. The highest BCUT2D eigenvalue weighted by Gasteiger charge is 2.00. The summed E-state index contributed by atoms with van der Waals surface area (Å²) < 4.78 is 11.1. The van der Waals surface area contributed by atoms with Gasteiger partial charge in [-0.2, -0.15) is 0 Å². The fourth-order valence-electron chi connectivity index (χ4n) is 0.567. The van der Waals surface area contributed by atoms with Crippen LogP contribution in [0.25, 0.3) is 0 Å². The van der Waals surface area contributed by atoms with E-state index in [1.165, 1.54) is 12.3 Å². The zero-order valence-corrected chi connectivity index (χ0v) is 7.23. The molecular formula is C6H7ClN2OS. The lowest BCUT2D eigenvalue weighted by Crippen LogP contribution is -2.11. The van der Waals surface area contributed by atoms with E-state index in [1.54, 1.807) is 6.07 Å². The SMILES string of the molecule is C=S(N)(=O)c1ccc(Cl)nc1. The van der Waals surface area contributed by atoms with Crippen molar-refractivity contribution in [2.75, 3.05) is 0 Å². The minimum atomic E-state index is -2.64. The molecule has 1 aromatic heterocycles. The minimum absolute atomic E-state index is 0.345. The average Bonchev–Trinajstić information content (AvgIpc) is 1.86. The molecule has 0 bridgehead atoms. The van der Waals surface area contributed by atoms with Crippen LogP contribution in [-0.2, 0) is 9.71 Å². The van der Waals surface area contributed by atoms with Gasteiger partial charge in [0.05, 0.1) is 14.6 Å². The smallest absolute Gasteiger partial charge is 0.129 e. The van der Waals surface area contributed by atoms with Crippen LogP contribution in [-0.4, -0.2) is 15.1 Å². The molecule has 0 saturated carbocycles. The first kappa shape index (κ1) is 8.52. The van der Waals surface area contributed by atoms with Gasteiger partial charge in [-0.1, -0.05) is 11.6 Å². The first-order valence-electron chi connectivity index (χ1n) is 2.77. The van der Waals surface area contributed by atoms with E-state index in [2.05, 4.69) is 10.9 Å². The van der Waals surface area contributed by atoms with E-state index in [9.17, 15) is 4.21 Å². The Morgan fingerprint density at radius 1 is 1.64 bits per heavy atom. The molecule has 0 aliphatic carbocycles. The van der Waals surface area contributed by atoms with Gasteiger partial charge in [-0.15, -0.1) is 0 Å². The molecule has 1 aromatic rings. The molecule has 0 aromatic carbocycles. The summed E-state index contributed by atoms with van der Waals surface area (Å²) in [6.07, 6.45) is 1.36. The monoisotopic (exact) mass is 190 g/mol. The summed E-state index contributed by atoms with van der Waals surface area (Å²) in [5.74, 6) is 3.29. The third-order valence-electron chi connectivity index (χ3n) is 1.10. The Morgan fingerprint density at radius 3 is 2.64 bits per heavy atom. The number of pyridine rings is 1. The van der Waals surface area contributed by atoms with Crippen molar-refractivity contribution in [1.82, 2.24) is 4.98 Å². The summed E-state index contributed by atoms with van der Waals surface area (Å²) in [6.45, 7) is 0. The topological polar surface area (TPSA) is 56.0 Å². The molecule has 3 nitrogen and oxygen atoms in total. The fraction of sp³-hybridized carbons (Fsp3) is 0. The number of rotatable bonds is 1. The number of aromatic nitrogens is 1. The molecule has 0 saturated heterocycles. The molecule has 0 amide bonds. The van der Waals surface area contributed by atoms with Gasteiger partial charge in [0.1, 0.15) is 5.15 Å². The molecule has 1 rings (SSSR count). The maximum atomic E-state index is 11.1. The molecular weight excluding hydrogens is 184 g/mol. The highest BCUT2D eigenvalue weighted by molar-refractivity contribution is 7.98. The van der Waals surface area contributed by atoms with Crippen molar-refractivity contribution in [1.29, 1.82) is 0 Å². The van der Waals surface area contributed by atoms with Crippen LogP contribution in [0.3, 0.4) is 0 Å². The van der Waals surface area contributed by atoms with Crippen molar-refractivity contribution in [3.8, 4) is 0 Å². The van der Waals surface area contributed by atoms with Crippen molar-refractivity contribution in [2.45, 2.75) is 4.90 Å². The molecule has 5 heteroatoms. The second-order valence-electron chi connectivity index (χ2n) is 2.04. The molecule has 0 aliphatic heterocycles. The first-order valence-corrected chi connectivity index (χ1v) is 4.93. The Bertz CT molecular complexity index is 343. The highest BCUT2D eigenvalue weighted by atomic mass is 35.5. The molecule has 1 atom stereocenters. The summed E-state index contributed by atoms with van der Waals surface area (Å²) in [6, 6.07) is 3.07. The third kappa shape index (κ3) is 2.18. The summed E-state index contributed by atoms with van der Waals surface area (Å²) in [5.41, 5.74) is 0. The molecule has 1 heterocycles. The van der Waals surface area contributed by atoms with Crippen LogP contribution in [0.1, 0.15) is 0 Å². The van der Waals surface area contributed by atoms with E-state index in [4.69, 9.17) is 16.7 Å². The van der Waals surface area contributed by atoms with Crippen LogP contribution in [0.2, 0.25) is 5.15 Å². The van der Waals surface area contributed by atoms with Crippen LogP contribution in [0, 0.1) is 0 Å². The first-order chi connectivity index (χ1) is 5.00. The van der Waals surface area contributed by atoms with Crippen molar-refractivity contribution >= 4 is 27.2 Å². The molecule has 11 heavy (non-hydrogen) atoms. The molecule has 0 spiro atoms. The van der Waals surface area contributed by atoms with E-state index in [0.29, 0.717) is 10.0 Å². The van der Waals surface area contributed by atoms with E-state index < -0.39 is 9.71 Å². The Labute approximate surface area is 70.3 Å². The van der Waals surface area contributed by atoms with Gasteiger partial charge in [0.15, 0.2) is 0 Å². The van der Waals surface area contributed by atoms with Crippen molar-refractivity contribution in [3.05, 3.63) is 23.5 Å². The zero-order valence-electron chi connectivity index (χ0n) is 5.66. The summed E-state index contributed by atoms with van der Waals surface area (Å²) in [4.78, 5) is 4.12. The Balaban J connectivity index is 3.20. The van der Waals surface area contributed by atoms with E-state index in [1.807, 2.05) is 0 Å². The van der Waals surface area contributed by atoms with Crippen LogP contribution >= 0.6 is 11.6 Å². The lowest BCUT2D eigenvalue weighted by Gasteiger charge is -1.99. The van der Waals surface area contributed by atoms with E-state index >= 15 is 0 Å². The molecule has 1 unspecified atom stereocenters. The third-order valence-corrected chi connectivity index (χ3v) is 2.36. The van der Waals surface area contributed by atoms with Gasteiger partial charge in [-0.05, 0) is 18.0 Å². The maximum Gasteiger partial charge on any atom is 0.129 e. The second kappa shape index (κ2) is 2.81. The van der Waals surface area contributed by atoms with E-state index in [0.717, 1.165) is 0 Å². The number of hydrogen-bond acceptors (Lipinski definition) is 2. The van der Waals surface area contributed by atoms with Gasteiger partial charge in [0, 0.05) is 6.20 Å². The van der Waals surface area contributed by atoms with Crippen LogP contribution in [0.15, 0.2) is 23.2 Å². The number of nitrogens with two attached hydrogens (primary N) is 1. The van der Waals surface area contributed by atoms with Crippen molar-refractivity contribution < 1.29 is 4.21 Å². The predicted molar refractivity (Wildman–Crippen MR) is 47.0 cm³/mol. The van der Waals surface area contributed by atoms with Crippen LogP contribution in [0.5, 0.6) is 0 Å². The lowest BCUT2D eigenvalue weighted by molar-refractivity contribution is 0.682. The minimum Gasteiger partial charge on any atom is -0.256 e. The van der Waals surface area contributed by atoms with Gasteiger partial charge in [-0.3, -0.25) is 5.14 Å². The van der Waals surface area contributed by atoms with Gasteiger partial charge in [0.2, 0.25) is 0 Å². The molecule has 0 aliphatic rings. The predicted octanol–water partition coefficient (Wildman–Crippen LogP) is 0.684. The summed E-state index contributed by atoms with van der Waals surface area (Å²) in [5, 5.41) is 5.59. The van der Waals surface area contributed by atoms with Gasteiger partial charge in [0.25, 0.3) is 0 Å². The van der Waals surface area contributed by atoms with Gasteiger partial charge < -0.3 is 0 Å². The van der Waals surface area contributed by atoms with Crippen molar-refractivity contribution in [2.24, 2.45) is 5.14 Å². The highest BCUT2D eigenvalue weighted by Crippen LogP contribution is 2.08. The average molecular weight is 191 g/mol. The number of hydrogen-bond donors (Lipinski definition) is 1. The quantitative estimate of drug-likeness (QED) is 0.523. The number of halogens is 1. The van der Waals surface area contributed by atoms with Gasteiger partial charge in [-0.25, -0.2) is 9.19 Å². The van der Waals surface area contributed by atoms with Crippen molar-refractivity contribution in [3.63, 3.8) is 0 Å². The normalized spacial score (nSPS) is 15.8. The standard InChI is InChI=1S/C6H7ClN2OS/c1-11(8,10)5-2-3-6(7)9-4-5/h2-4H,1H2,(H2,8,10). The molecule has 60 valence electrons. The van der Waals surface area contributed by atoms with Gasteiger partial charge >= 0.3 is 0 Å². The maximum absolute atomic E-state index is 11.1. The number of nitrogens with zero attached hydrogens (tertiary/aromatic N) is 1. The van der Waals surface area contributed by atoms with Crippen LogP contribution in [0.4, 0.5) is 0 Å². The zero-order chi connectivity index (χ0) is 8.48. The molecule has 0 fully saturated rings. The lowest BCUT2D eigenvalue weighted by atomic mass is 10.5. The Morgan fingerprint density at radius 2 is 2.27 bits per heavy atom.